The van der Waals surface area contributed by atoms with Crippen LogP contribution in [0.1, 0.15) is 43.2 Å². The van der Waals surface area contributed by atoms with E-state index in [-0.39, 0.29) is 10.3 Å². The zero-order valence-electron chi connectivity index (χ0n) is 20.3. The molecular weight excluding hydrogens is 500 g/mol. The molecule has 194 valence electrons. The summed E-state index contributed by atoms with van der Waals surface area (Å²) >= 11 is 0. The molecule has 1 N–H and O–H groups in total. The second kappa shape index (κ2) is 9.45. The monoisotopic (exact) mass is 527 g/mol. The number of hydrogen-bond acceptors (Lipinski definition) is 4. The van der Waals surface area contributed by atoms with E-state index in [1.54, 1.807) is 19.1 Å². The molecule has 0 unspecified atom stereocenters. The summed E-state index contributed by atoms with van der Waals surface area (Å²) in [6.07, 6.45) is 4.68. The highest BCUT2D eigenvalue weighted by Gasteiger charge is 2.47. The fraction of sp³-hybridized carbons (Fsp3) is 0.321. The molecule has 1 spiro atoms. The number of anilines is 1. The maximum Gasteiger partial charge on any atom is 0.341 e. The Balaban J connectivity index is 1.56. The molecule has 0 amide bonds. The van der Waals surface area contributed by atoms with Crippen LogP contribution in [0.5, 0.6) is 5.75 Å². The third-order valence-corrected chi connectivity index (χ3v) is 9.13. The highest BCUT2D eigenvalue weighted by atomic mass is 32.2. The van der Waals surface area contributed by atoms with E-state index >= 15 is 0 Å². The van der Waals surface area contributed by atoms with Gasteiger partial charge in [0, 0.05) is 18.0 Å². The molecule has 1 saturated carbocycles. The fourth-order valence-electron chi connectivity index (χ4n) is 5.61. The summed E-state index contributed by atoms with van der Waals surface area (Å²) < 4.78 is 62.3. The van der Waals surface area contributed by atoms with Gasteiger partial charge in [-0.2, -0.15) is 0 Å². The van der Waals surface area contributed by atoms with E-state index in [1.165, 1.54) is 34.6 Å². The number of rotatable bonds is 6. The number of benzene rings is 3. The van der Waals surface area contributed by atoms with Crippen molar-refractivity contribution in [1.29, 1.82) is 0 Å². The van der Waals surface area contributed by atoms with Crippen LogP contribution in [0.25, 0.3) is 11.1 Å². The quantitative estimate of drug-likeness (QED) is 0.437. The second-order valence-electron chi connectivity index (χ2n) is 9.85. The number of aryl methyl sites for hydroxylation is 1. The Kier molecular flexibility index (Phi) is 6.43. The number of halogens is 2. The lowest BCUT2D eigenvalue weighted by molar-refractivity contribution is -0.139. The molecule has 6 nitrogen and oxygen atoms in total. The van der Waals surface area contributed by atoms with Crippen LogP contribution >= 0.6 is 0 Å². The smallest absolute Gasteiger partial charge is 0.341 e. The van der Waals surface area contributed by atoms with Crippen molar-refractivity contribution in [2.75, 3.05) is 17.5 Å². The maximum absolute atomic E-state index is 13.9. The van der Waals surface area contributed by atoms with E-state index in [9.17, 15) is 22.0 Å². The third kappa shape index (κ3) is 4.68. The number of carbonyl (C=O) groups is 1. The molecule has 0 radical (unpaired) electrons. The Bertz CT molecular complexity index is 1460. The highest BCUT2D eigenvalue weighted by molar-refractivity contribution is 7.92. The van der Waals surface area contributed by atoms with Gasteiger partial charge < -0.3 is 9.84 Å². The van der Waals surface area contributed by atoms with E-state index in [0.29, 0.717) is 34.7 Å². The van der Waals surface area contributed by atoms with Crippen LogP contribution in [-0.2, 0) is 20.2 Å². The number of sulfonamides is 1. The summed E-state index contributed by atoms with van der Waals surface area (Å²) in [4.78, 5) is 10.9. The van der Waals surface area contributed by atoms with Crippen LogP contribution in [-0.4, -0.2) is 32.6 Å². The Morgan fingerprint density at radius 3 is 2.32 bits per heavy atom. The van der Waals surface area contributed by atoms with E-state index in [2.05, 4.69) is 0 Å². The van der Waals surface area contributed by atoms with Gasteiger partial charge in [0.05, 0.1) is 10.6 Å². The molecule has 0 bridgehead atoms. The van der Waals surface area contributed by atoms with Gasteiger partial charge in [-0.1, -0.05) is 25.3 Å². The van der Waals surface area contributed by atoms with Crippen molar-refractivity contribution in [2.24, 2.45) is 0 Å². The lowest BCUT2D eigenvalue weighted by atomic mass is 9.70. The van der Waals surface area contributed by atoms with Gasteiger partial charge in [0.25, 0.3) is 10.0 Å². The van der Waals surface area contributed by atoms with Crippen molar-refractivity contribution >= 4 is 21.7 Å². The lowest BCUT2D eigenvalue weighted by Gasteiger charge is -2.34. The van der Waals surface area contributed by atoms with Crippen LogP contribution in [0, 0.1) is 18.6 Å². The Labute approximate surface area is 214 Å². The number of hydrogen-bond donors (Lipinski definition) is 1. The summed E-state index contributed by atoms with van der Waals surface area (Å²) in [7, 11) is -3.95. The number of aliphatic carboxylic acids is 1. The van der Waals surface area contributed by atoms with E-state index in [0.717, 1.165) is 43.7 Å². The summed E-state index contributed by atoms with van der Waals surface area (Å²) in [5.74, 6) is -2.15. The minimum atomic E-state index is -3.95. The van der Waals surface area contributed by atoms with Gasteiger partial charge in [0.1, 0.15) is 17.4 Å². The molecule has 0 saturated heterocycles. The molecule has 3 aromatic carbocycles. The number of fused-ring (bicyclic) bond motifs is 2. The van der Waals surface area contributed by atoms with Crippen molar-refractivity contribution in [3.63, 3.8) is 0 Å². The molecule has 1 aliphatic heterocycles. The predicted molar refractivity (Wildman–Crippen MR) is 135 cm³/mol. The average Bonchev–Trinajstić information content (AvgIpc) is 3.16. The molecule has 3 aromatic rings. The Hall–Kier alpha value is -3.46. The summed E-state index contributed by atoms with van der Waals surface area (Å²) in [6, 6.07) is 13.1. The van der Waals surface area contributed by atoms with Gasteiger partial charge in [-0.15, -0.1) is 0 Å². The maximum atomic E-state index is 13.9. The zero-order chi connectivity index (χ0) is 26.4. The molecule has 9 heteroatoms. The fourth-order valence-corrected chi connectivity index (χ4v) is 7.26. The van der Waals surface area contributed by atoms with Crippen LogP contribution in [0.15, 0.2) is 59.5 Å². The van der Waals surface area contributed by atoms with E-state index in [4.69, 9.17) is 9.84 Å². The van der Waals surface area contributed by atoms with Gasteiger partial charge in [-0.25, -0.2) is 22.0 Å². The standard InChI is InChI=1S/C28H27F2NO5S/c1-18-11-23(6-8-26(18)36-16-27(32)33)37(34,35)31-17-28(9-3-2-4-10-28)24-14-19(5-7-25(24)31)20-12-21(29)15-22(30)13-20/h5-8,11-15H,2-4,9-10,16-17H2,1H3,(H,32,33). The van der Waals surface area contributed by atoms with Crippen LogP contribution < -0.4 is 9.04 Å². The normalized spacial score (nSPS) is 16.6. The van der Waals surface area contributed by atoms with Crippen LogP contribution in [0.2, 0.25) is 0 Å². The van der Waals surface area contributed by atoms with E-state index < -0.39 is 34.2 Å². The largest absolute Gasteiger partial charge is 0.482 e. The summed E-state index contributed by atoms with van der Waals surface area (Å²) in [5, 5.41) is 8.86. The molecule has 1 heterocycles. The van der Waals surface area contributed by atoms with E-state index in [1.807, 2.05) is 6.07 Å². The first kappa shape index (κ1) is 25.2. The molecule has 1 aliphatic carbocycles. The lowest BCUT2D eigenvalue weighted by Crippen LogP contribution is -2.38. The first-order chi connectivity index (χ1) is 17.6. The molecule has 37 heavy (non-hydrogen) atoms. The molecule has 0 atom stereocenters. The van der Waals surface area contributed by atoms with Crippen molar-refractivity contribution in [2.45, 2.75) is 49.3 Å². The van der Waals surface area contributed by atoms with Crippen LogP contribution in [0.3, 0.4) is 0 Å². The number of nitrogens with zero attached hydrogens (tertiary/aromatic N) is 1. The molecule has 2 aliphatic rings. The molecular formula is C28H27F2NO5S. The minimum Gasteiger partial charge on any atom is -0.482 e. The van der Waals surface area contributed by atoms with Gasteiger partial charge in [-0.05, 0) is 84.5 Å². The number of carboxylic acid groups (broad SMARTS) is 1. The van der Waals surface area contributed by atoms with Gasteiger partial charge in [-0.3, -0.25) is 4.31 Å². The van der Waals surface area contributed by atoms with Gasteiger partial charge in [0.15, 0.2) is 6.61 Å². The molecule has 1 fully saturated rings. The molecule has 5 rings (SSSR count). The first-order valence-corrected chi connectivity index (χ1v) is 13.6. The second-order valence-corrected chi connectivity index (χ2v) is 11.7. The Morgan fingerprint density at radius 2 is 1.68 bits per heavy atom. The van der Waals surface area contributed by atoms with Crippen molar-refractivity contribution in [1.82, 2.24) is 0 Å². The first-order valence-electron chi connectivity index (χ1n) is 12.2. The summed E-state index contributed by atoms with van der Waals surface area (Å²) in [5.41, 5.74) is 2.64. The molecule has 0 aromatic heterocycles. The van der Waals surface area contributed by atoms with Crippen molar-refractivity contribution < 1.29 is 31.8 Å². The highest BCUT2D eigenvalue weighted by Crippen LogP contribution is 2.51. The van der Waals surface area contributed by atoms with Gasteiger partial charge >= 0.3 is 5.97 Å². The SMILES string of the molecule is Cc1cc(S(=O)(=O)N2CC3(CCCCC3)c3cc(-c4cc(F)cc(F)c4)ccc32)ccc1OCC(=O)O. The van der Waals surface area contributed by atoms with Gasteiger partial charge in [0.2, 0.25) is 0 Å². The Morgan fingerprint density at radius 1 is 0.973 bits per heavy atom. The average molecular weight is 528 g/mol. The number of ether oxygens (including phenoxy) is 1. The topological polar surface area (TPSA) is 83.9 Å². The number of carboxylic acids is 1. The minimum absolute atomic E-state index is 0.0859. The third-order valence-electron chi connectivity index (χ3n) is 7.37. The van der Waals surface area contributed by atoms with Crippen LogP contribution in [0.4, 0.5) is 14.5 Å². The van der Waals surface area contributed by atoms with Crippen molar-refractivity contribution in [3.05, 3.63) is 77.4 Å². The zero-order valence-corrected chi connectivity index (χ0v) is 21.2. The predicted octanol–water partition coefficient (Wildman–Crippen LogP) is 5.81. The van der Waals surface area contributed by atoms with Crippen molar-refractivity contribution in [3.8, 4) is 16.9 Å². The summed E-state index contributed by atoms with van der Waals surface area (Å²) in [6.45, 7) is 1.44.